The van der Waals surface area contributed by atoms with Gasteiger partial charge in [-0.05, 0) is 31.9 Å². The molecule has 1 unspecified atom stereocenters. The molecule has 164 valence electrons. The van der Waals surface area contributed by atoms with E-state index in [1.54, 1.807) is 19.1 Å². The second-order valence-corrected chi connectivity index (χ2v) is 8.51. The molecule has 2 N–H and O–H groups in total. The van der Waals surface area contributed by atoms with E-state index in [-0.39, 0.29) is 43.8 Å². The van der Waals surface area contributed by atoms with E-state index in [9.17, 15) is 26.0 Å². The average molecular weight is 440 g/mol. The van der Waals surface area contributed by atoms with E-state index in [1.807, 2.05) is 0 Å². The maximum Gasteiger partial charge on any atom is 0.511 e. The lowest BCUT2D eigenvalue weighted by Crippen LogP contribution is -2.52. The molecule has 12 heteroatoms. The molecule has 0 aliphatic carbocycles. The smallest absolute Gasteiger partial charge is 0.486 e. The third kappa shape index (κ3) is 6.20. The Hall–Kier alpha value is -2.08. The van der Waals surface area contributed by atoms with Crippen LogP contribution >= 0.6 is 0 Å². The first-order valence-corrected chi connectivity index (χ1v) is 10.4. The lowest BCUT2D eigenvalue weighted by Gasteiger charge is -2.32. The lowest BCUT2D eigenvalue weighted by atomic mass is 10.1. The van der Waals surface area contributed by atoms with Gasteiger partial charge in [0, 0.05) is 26.2 Å². The fourth-order valence-corrected chi connectivity index (χ4v) is 3.80. The van der Waals surface area contributed by atoms with Gasteiger partial charge >= 0.3 is 15.5 Å². The summed E-state index contributed by atoms with van der Waals surface area (Å²) in [6.45, 7) is 1.58. The monoisotopic (exact) mass is 440 g/mol. The van der Waals surface area contributed by atoms with E-state index in [0.29, 0.717) is 16.8 Å². The zero-order valence-corrected chi connectivity index (χ0v) is 16.9. The molecule has 29 heavy (non-hydrogen) atoms. The maximum absolute atomic E-state index is 13.6. The van der Waals surface area contributed by atoms with Gasteiger partial charge in [0.25, 0.3) is 0 Å². The Bertz CT molecular complexity index is 809. The molecule has 0 spiro atoms. The van der Waals surface area contributed by atoms with Crippen molar-refractivity contribution < 1.29 is 30.7 Å². The van der Waals surface area contributed by atoms with E-state index in [4.69, 9.17) is 4.74 Å². The van der Waals surface area contributed by atoms with E-state index in [1.165, 1.54) is 19.2 Å². The van der Waals surface area contributed by atoms with E-state index in [0.717, 1.165) is 0 Å². The minimum atomic E-state index is -5.30. The molecule has 1 aliphatic heterocycles. The fourth-order valence-electron chi connectivity index (χ4n) is 2.81. The normalized spacial score (nSPS) is 18.3. The molecule has 0 bridgehead atoms. The number of halogens is 4. The molecular formula is C17H24F4N4O3S. The van der Waals surface area contributed by atoms with E-state index in [2.05, 4.69) is 15.6 Å². The number of sulfonamides is 1. The van der Waals surface area contributed by atoms with Crippen LogP contribution in [-0.2, 0) is 10.0 Å². The Morgan fingerprint density at radius 2 is 1.93 bits per heavy atom. The van der Waals surface area contributed by atoms with Crippen LogP contribution in [0.1, 0.15) is 19.8 Å². The van der Waals surface area contributed by atoms with Crippen molar-refractivity contribution >= 4 is 16.0 Å². The highest BCUT2D eigenvalue weighted by molar-refractivity contribution is 7.90. The van der Waals surface area contributed by atoms with Crippen LogP contribution in [0, 0.1) is 5.82 Å². The van der Waals surface area contributed by atoms with Gasteiger partial charge in [-0.15, -0.1) is 0 Å². The number of hydrogen-bond acceptors (Lipinski definition) is 4. The minimum absolute atomic E-state index is 0.128. The molecular weight excluding hydrogens is 416 g/mol. The standard InChI is InChI=1S/C17H24F4N4O3S/c1-12(28-15-6-4-3-5-14(15)18)11-23-16(22-2)24-13-7-9-25(10-8-13)29(26,27)17(19,20)21/h3-6,12-13H,7-11H2,1-2H3,(H2,22,23,24). The van der Waals surface area contributed by atoms with Crippen LogP contribution < -0.4 is 15.4 Å². The third-order valence-electron chi connectivity index (χ3n) is 4.37. The van der Waals surface area contributed by atoms with Crippen LogP contribution in [0.15, 0.2) is 29.3 Å². The summed E-state index contributed by atoms with van der Waals surface area (Å²) in [5.74, 6) is 0.0523. The van der Waals surface area contributed by atoms with E-state index < -0.39 is 21.3 Å². The molecule has 1 aromatic carbocycles. The van der Waals surface area contributed by atoms with Crippen molar-refractivity contribution in [3.05, 3.63) is 30.1 Å². The summed E-state index contributed by atoms with van der Waals surface area (Å²) in [6, 6.07) is 5.79. The highest BCUT2D eigenvalue weighted by Crippen LogP contribution is 2.28. The van der Waals surface area contributed by atoms with Crippen molar-refractivity contribution in [2.75, 3.05) is 26.7 Å². The molecule has 0 radical (unpaired) electrons. The SMILES string of the molecule is CN=C(NCC(C)Oc1ccccc1F)NC1CCN(S(=O)(=O)C(F)(F)F)CC1. The topological polar surface area (TPSA) is 83.0 Å². The summed E-state index contributed by atoms with van der Waals surface area (Å²) >= 11 is 0. The number of para-hydroxylation sites is 1. The van der Waals surface area contributed by atoms with Crippen molar-refractivity contribution in [3.8, 4) is 5.75 Å². The Balaban J connectivity index is 1.80. The third-order valence-corrected chi connectivity index (χ3v) is 6.00. The van der Waals surface area contributed by atoms with Gasteiger partial charge < -0.3 is 15.4 Å². The zero-order chi connectivity index (χ0) is 21.7. The molecule has 0 saturated carbocycles. The average Bonchev–Trinajstić information content (AvgIpc) is 2.66. The molecule has 1 atom stereocenters. The van der Waals surface area contributed by atoms with Crippen LogP contribution in [-0.4, -0.2) is 63.0 Å². The number of benzene rings is 1. The number of alkyl halides is 3. The number of guanidine groups is 1. The second-order valence-electron chi connectivity index (χ2n) is 6.58. The molecule has 2 rings (SSSR count). The van der Waals surface area contributed by atoms with Crippen molar-refractivity contribution in [2.45, 2.75) is 37.4 Å². The number of ether oxygens (including phenoxy) is 1. The van der Waals surface area contributed by atoms with Crippen molar-refractivity contribution in [1.82, 2.24) is 14.9 Å². The summed E-state index contributed by atoms with van der Waals surface area (Å²) in [7, 11) is -3.77. The molecule has 1 aliphatic rings. The maximum atomic E-state index is 13.6. The predicted octanol–water partition coefficient (Wildman–Crippen LogP) is 2.07. The highest BCUT2D eigenvalue weighted by Gasteiger charge is 2.50. The predicted molar refractivity (Wildman–Crippen MR) is 101 cm³/mol. The Morgan fingerprint density at radius 1 is 1.31 bits per heavy atom. The Labute approximate surface area is 167 Å². The first-order chi connectivity index (χ1) is 13.5. The van der Waals surface area contributed by atoms with Gasteiger partial charge in [0.15, 0.2) is 17.5 Å². The first kappa shape index (κ1) is 23.2. The summed E-state index contributed by atoms with van der Waals surface area (Å²) < 4.78 is 80.4. The zero-order valence-electron chi connectivity index (χ0n) is 16.0. The van der Waals surface area contributed by atoms with Crippen molar-refractivity contribution in [3.63, 3.8) is 0 Å². The summed E-state index contributed by atoms with van der Waals surface area (Å²) in [5, 5.41) is 6.05. The number of piperidine rings is 1. The van der Waals surface area contributed by atoms with Crippen LogP contribution in [0.4, 0.5) is 17.6 Å². The molecule has 1 aromatic rings. The molecule has 1 heterocycles. The fraction of sp³-hybridized carbons (Fsp3) is 0.588. The van der Waals surface area contributed by atoms with Crippen LogP contribution in [0.25, 0.3) is 0 Å². The molecule has 7 nitrogen and oxygen atoms in total. The first-order valence-electron chi connectivity index (χ1n) is 8.99. The van der Waals surface area contributed by atoms with Gasteiger partial charge in [-0.1, -0.05) is 12.1 Å². The van der Waals surface area contributed by atoms with Crippen molar-refractivity contribution in [1.29, 1.82) is 0 Å². The number of nitrogens with one attached hydrogen (secondary N) is 2. The van der Waals surface area contributed by atoms with E-state index >= 15 is 0 Å². The second kappa shape index (κ2) is 9.61. The van der Waals surface area contributed by atoms with Gasteiger partial charge in [0.1, 0.15) is 6.10 Å². The van der Waals surface area contributed by atoms with Gasteiger partial charge in [-0.3, -0.25) is 4.99 Å². The Kier molecular flexibility index (Phi) is 7.69. The number of rotatable bonds is 6. The molecule has 0 aromatic heterocycles. The van der Waals surface area contributed by atoms with Crippen molar-refractivity contribution in [2.24, 2.45) is 4.99 Å². The largest absolute Gasteiger partial charge is 0.511 e. The summed E-state index contributed by atoms with van der Waals surface area (Å²) in [4.78, 5) is 4.04. The highest BCUT2D eigenvalue weighted by atomic mass is 32.2. The molecule has 0 amide bonds. The summed E-state index contributed by atoms with van der Waals surface area (Å²) in [6.07, 6.45) is 0.0263. The van der Waals surface area contributed by atoms with Gasteiger partial charge in [0.2, 0.25) is 0 Å². The Morgan fingerprint density at radius 3 is 2.48 bits per heavy atom. The van der Waals surface area contributed by atoms with Gasteiger partial charge in [0.05, 0.1) is 6.54 Å². The van der Waals surface area contributed by atoms with Crippen LogP contribution in [0.2, 0.25) is 0 Å². The molecule has 1 fully saturated rings. The minimum Gasteiger partial charge on any atom is -0.486 e. The van der Waals surface area contributed by atoms with Gasteiger partial charge in [-0.25, -0.2) is 12.8 Å². The van der Waals surface area contributed by atoms with Gasteiger partial charge in [-0.2, -0.15) is 17.5 Å². The number of aliphatic imine (C=N–C) groups is 1. The number of hydrogen-bond donors (Lipinski definition) is 2. The molecule has 1 saturated heterocycles. The van der Waals surface area contributed by atoms with Crippen LogP contribution in [0.3, 0.4) is 0 Å². The van der Waals surface area contributed by atoms with Crippen LogP contribution in [0.5, 0.6) is 5.75 Å². The number of nitrogens with zero attached hydrogens (tertiary/aromatic N) is 2. The quantitative estimate of drug-likeness (QED) is 0.402. The lowest BCUT2D eigenvalue weighted by molar-refractivity contribution is -0.0494. The summed E-state index contributed by atoms with van der Waals surface area (Å²) in [5.41, 5.74) is -5.29.